The molecule has 0 aliphatic carbocycles. The Morgan fingerprint density at radius 1 is 0.938 bits per heavy atom. The van der Waals surface area contributed by atoms with Crippen molar-refractivity contribution in [3.63, 3.8) is 0 Å². The first-order chi connectivity index (χ1) is 7.66. The summed E-state index contributed by atoms with van der Waals surface area (Å²) in [5, 5.41) is 0. The van der Waals surface area contributed by atoms with Crippen LogP contribution >= 0.6 is 0 Å². The Morgan fingerprint density at radius 3 is 2.06 bits per heavy atom. The zero-order valence-corrected chi connectivity index (χ0v) is 10.9. The van der Waals surface area contributed by atoms with Crippen molar-refractivity contribution in [2.45, 2.75) is 32.7 Å². The topological polar surface area (TPSA) is 53.7 Å². The Morgan fingerprint density at radius 2 is 1.50 bits per heavy atom. The summed E-state index contributed by atoms with van der Waals surface area (Å²) in [6, 6.07) is 0.259. The van der Waals surface area contributed by atoms with Gasteiger partial charge in [-0.05, 0) is 18.8 Å². The highest BCUT2D eigenvalue weighted by atomic mass is 16.5. The van der Waals surface area contributed by atoms with Gasteiger partial charge < -0.3 is 19.9 Å². The van der Waals surface area contributed by atoms with E-state index in [-0.39, 0.29) is 6.04 Å². The molecule has 0 aliphatic rings. The van der Waals surface area contributed by atoms with Gasteiger partial charge in [-0.25, -0.2) is 0 Å². The van der Waals surface area contributed by atoms with Gasteiger partial charge in [-0.2, -0.15) is 0 Å². The molecule has 2 N–H and O–H groups in total. The summed E-state index contributed by atoms with van der Waals surface area (Å²) in [4.78, 5) is 0. The van der Waals surface area contributed by atoms with Crippen molar-refractivity contribution in [1.82, 2.24) is 0 Å². The summed E-state index contributed by atoms with van der Waals surface area (Å²) in [6.07, 6.45) is 1.99. The molecule has 1 atom stereocenters. The predicted molar refractivity (Wildman–Crippen MR) is 65.6 cm³/mol. The first kappa shape index (κ1) is 15.8. The normalized spacial score (nSPS) is 13.3. The molecular formula is C12H27NO3. The summed E-state index contributed by atoms with van der Waals surface area (Å²) in [5.41, 5.74) is 5.93. The van der Waals surface area contributed by atoms with Gasteiger partial charge in [0.25, 0.3) is 0 Å². The van der Waals surface area contributed by atoms with E-state index in [9.17, 15) is 0 Å². The molecule has 0 bridgehead atoms. The average molecular weight is 233 g/mol. The molecule has 0 aromatic carbocycles. The SMILES string of the molecule is COCCOCCOCCC(N)CC(C)C. The van der Waals surface area contributed by atoms with Crippen LogP contribution in [0.5, 0.6) is 0 Å². The minimum Gasteiger partial charge on any atom is -0.382 e. The van der Waals surface area contributed by atoms with Gasteiger partial charge >= 0.3 is 0 Å². The van der Waals surface area contributed by atoms with Gasteiger partial charge in [0, 0.05) is 19.8 Å². The largest absolute Gasteiger partial charge is 0.382 e. The van der Waals surface area contributed by atoms with Crippen molar-refractivity contribution < 1.29 is 14.2 Å². The monoisotopic (exact) mass is 233 g/mol. The third-order valence-electron chi connectivity index (χ3n) is 2.21. The Balaban J connectivity index is 3.08. The van der Waals surface area contributed by atoms with Gasteiger partial charge in [-0.15, -0.1) is 0 Å². The smallest absolute Gasteiger partial charge is 0.0701 e. The average Bonchev–Trinajstić information content (AvgIpc) is 2.21. The van der Waals surface area contributed by atoms with Gasteiger partial charge in [0.05, 0.1) is 26.4 Å². The van der Waals surface area contributed by atoms with E-state index in [2.05, 4.69) is 13.8 Å². The maximum Gasteiger partial charge on any atom is 0.0701 e. The summed E-state index contributed by atoms with van der Waals surface area (Å²) in [7, 11) is 1.66. The zero-order chi connectivity index (χ0) is 12.2. The van der Waals surface area contributed by atoms with E-state index < -0.39 is 0 Å². The van der Waals surface area contributed by atoms with Crippen molar-refractivity contribution >= 4 is 0 Å². The molecule has 98 valence electrons. The molecule has 16 heavy (non-hydrogen) atoms. The standard InChI is InChI=1S/C12H27NO3/c1-11(2)10-12(13)4-5-15-8-9-16-7-6-14-3/h11-12H,4-10,13H2,1-3H3. The molecule has 4 nitrogen and oxygen atoms in total. The number of hydrogen-bond acceptors (Lipinski definition) is 4. The van der Waals surface area contributed by atoms with Crippen LogP contribution in [0.2, 0.25) is 0 Å². The van der Waals surface area contributed by atoms with E-state index in [1.165, 1.54) is 0 Å². The van der Waals surface area contributed by atoms with E-state index >= 15 is 0 Å². The molecule has 0 saturated carbocycles. The fourth-order valence-electron chi connectivity index (χ4n) is 1.42. The maximum absolute atomic E-state index is 5.93. The first-order valence-electron chi connectivity index (χ1n) is 6.06. The van der Waals surface area contributed by atoms with E-state index in [0.717, 1.165) is 19.4 Å². The number of rotatable bonds is 11. The Labute approximate surface area is 99.4 Å². The minimum absolute atomic E-state index is 0.259. The lowest BCUT2D eigenvalue weighted by Crippen LogP contribution is -2.24. The lowest BCUT2D eigenvalue weighted by Gasteiger charge is -2.13. The molecule has 0 spiro atoms. The first-order valence-corrected chi connectivity index (χ1v) is 6.06. The predicted octanol–water partition coefficient (Wildman–Crippen LogP) is 1.43. The lowest BCUT2D eigenvalue weighted by molar-refractivity contribution is 0.0231. The highest BCUT2D eigenvalue weighted by molar-refractivity contribution is 4.62. The fourth-order valence-corrected chi connectivity index (χ4v) is 1.42. The van der Waals surface area contributed by atoms with Crippen molar-refractivity contribution in [3.05, 3.63) is 0 Å². The number of ether oxygens (including phenoxy) is 3. The van der Waals surface area contributed by atoms with Crippen LogP contribution in [-0.2, 0) is 14.2 Å². The Hall–Kier alpha value is -0.160. The molecule has 0 aromatic heterocycles. The fraction of sp³-hybridized carbons (Fsp3) is 1.00. The third kappa shape index (κ3) is 11.9. The maximum atomic E-state index is 5.93. The summed E-state index contributed by atoms with van der Waals surface area (Å²) >= 11 is 0. The molecule has 0 saturated heterocycles. The summed E-state index contributed by atoms with van der Waals surface area (Å²) in [6.45, 7) is 7.63. The van der Waals surface area contributed by atoms with Crippen LogP contribution in [0.3, 0.4) is 0 Å². The lowest BCUT2D eigenvalue weighted by atomic mass is 10.0. The Bertz CT molecular complexity index is 142. The van der Waals surface area contributed by atoms with E-state index in [4.69, 9.17) is 19.9 Å². The van der Waals surface area contributed by atoms with Gasteiger partial charge in [-0.3, -0.25) is 0 Å². The van der Waals surface area contributed by atoms with Crippen LogP contribution in [0.15, 0.2) is 0 Å². The van der Waals surface area contributed by atoms with Crippen LogP contribution in [0.4, 0.5) is 0 Å². The van der Waals surface area contributed by atoms with Crippen LogP contribution in [-0.4, -0.2) is 46.2 Å². The molecule has 0 radical (unpaired) electrons. The highest BCUT2D eigenvalue weighted by Crippen LogP contribution is 2.05. The number of methoxy groups -OCH3 is 1. The van der Waals surface area contributed by atoms with Crippen LogP contribution in [0.1, 0.15) is 26.7 Å². The molecule has 0 aromatic rings. The third-order valence-corrected chi connectivity index (χ3v) is 2.21. The second-order valence-corrected chi connectivity index (χ2v) is 4.40. The summed E-state index contributed by atoms with van der Waals surface area (Å²) in [5.74, 6) is 0.660. The molecule has 0 rings (SSSR count). The number of nitrogens with two attached hydrogens (primary N) is 1. The van der Waals surface area contributed by atoms with Crippen molar-refractivity contribution in [2.24, 2.45) is 11.7 Å². The van der Waals surface area contributed by atoms with Crippen LogP contribution in [0.25, 0.3) is 0 Å². The van der Waals surface area contributed by atoms with Crippen LogP contribution in [0, 0.1) is 5.92 Å². The molecule has 0 amide bonds. The van der Waals surface area contributed by atoms with E-state index in [0.29, 0.717) is 32.3 Å². The molecule has 0 heterocycles. The Kier molecular flexibility index (Phi) is 11.2. The second-order valence-electron chi connectivity index (χ2n) is 4.40. The molecular weight excluding hydrogens is 206 g/mol. The minimum atomic E-state index is 0.259. The van der Waals surface area contributed by atoms with Crippen molar-refractivity contribution in [1.29, 1.82) is 0 Å². The summed E-state index contributed by atoms with van der Waals surface area (Å²) < 4.78 is 15.5. The van der Waals surface area contributed by atoms with Gasteiger partial charge in [-0.1, -0.05) is 13.8 Å². The molecule has 0 fully saturated rings. The van der Waals surface area contributed by atoms with Crippen molar-refractivity contribution in [2.75, 3.05) is 40.1 Å². The molecule has 4 heteroatoms. The highest BCUT2D eigenvalue weighted by Gasteiger charge is 2.04. The molecule has 0 aliphatic heterocycles. The van der Waals surface area contributed by atoms with E-state index in [1.807, 2.05) is 0 Å². The zero-order valence-electron chi connectivity index (χ0n) is 10.9. The van der Waals surface area contributed by atoms with Crippen molar-refractivity contribution in [3.8, 4) is 0 Å². The number of hydrogen-bond donors (Lipinski definition) is 1. The van der Waals surface area contributed by atoms with Gasteiger partial charge in [0.1, 0.15) is 0 Å². The van der Waals surface area contributed by atoms with Gasteiger partial charge in [0.15, 0.2) is 0 Å². The van der Waals surface area contributed by atoms with Crippen LogP contribution < -0.4 is 5.73 Å². The van der Waals surface area contributed by atoms with E-state index in [1.54, 1.807) is 7.11 Å². The quantitative estimate of drug-likeness (QED) is 0.549. The van der Waals surface area contributed by atoms with Gasteiger partial charge in [0.2, 0.25) is 0 Å². The second kappa shape index (κ2) is 11.3. The molecule has 1 unspecified atom stereocenters.